The predicted molar refractivity (Wildman–Crippen MR) is 71.8 cm³/mol. The molecule has 0 spiro atoms. The molecule has 0 fully saturated rings. The number of nitrogens with two attached hydrogens (primary N) is 2. The first-order valence-corrected chi connectivity index (χ1v) is 6.92. The van der Waals surface area contributed by atoms with Gasteiger partial charge in [-0.15, -0.1) is 0 Å². The smallest absolute Gasteiger partial charge is 0.238 e. The largest absolute Gasteiger partial charge is 0.397 e. The number of sulfonamides is 1. The molecule has 1 aromatic rings. The lowest BCUT2D eigenvalue weighted by molar-refractivity contribution is 0.0344. The average Bonchev–Trinajstić information content (AvgIpc) is 2.26. The van der Waals surface area contributed by atoms with Crippen molar-refractivity contribution in [3.8, 4) is 0 Å². The molecular weight excluding hydrogens is 254 g/mol. The quantitative estimate of drug-likeness (QED) is 0.686. The van der Waals surface area contributed by atoms with Gasteiger partial charge < -0.3 is 15.8 Å². The van der Waals surface area contributed by atoms with Crippen LogP contribution in [-0.2, 0) is 14.8 Å². The molecule has 0 aliphatic rings. The summed E-state index contributed by atoms with van der Waals surface area (Å²) in [5.74, 6) is 0. The van der Waals surface area contributed by atoms with Crippen molar-refractivity contribution in [3.63, 3.8) is 0 Å². The molecule has 0 aromatic heterocycles. The lowest BCUT2D eigenvalue weighted by Gasteiger charge is -2.24. The Bertz CT molecular complexity index is 526. The van der Waals surface area contributed by atoms with Crippen LogP contribution in [0.1, 0.15) is 13.8 Å². The van der Waals surface area contributed by atoms with Crippen LogP contribution in [0, 0.1) is 0 Å². The SMILES string of the molecule is COC(C)(C)CNc1ccc(S(N)(=O)=O)cc1N. The monoisotopic (exact) mass is 273 g/mol. The minimum atomic E-state index is -3.72. The van der Waals surface area contributed by atoms with Crippen molar-refractivity contribution in [1.82, 2.24) is 0 Å². The van der Waals surface area contributed by atoms with E-state index in [1.165, 1.54) is 12.1 Å². The number of hydrogen-bond acceptors (Lipinski definition) is 5. The molecule has 0 unspecified atom stereocenters. The van der Waals surface area contributed by atoms with Crippen molar-refractivity contribution in [3.05, 3.63) is 18.2 Å². The Balaban J connectivity index is 2.88. The molecule has 1 rings (SSSR count). The van der Waals surface area contributed by atoms with Crippen molar-refractivity contribution in [1.29, 1.82) is 0 Å². The number of rotatable bonds is 5. The van der Waals surface area contributed by atoms with Crippen LogP contribution in [0.3, 0.4) is 0 Å². The second-order valence-corrected chi connectivity index (χ2v) is 6.17. The molecular formula is C11H19N3O3S. The third kappa shape index (κ3) is 3.86. The van der Waals surface area contributed by atoms with E-state index in [1.807, 2.05) is 13.8 Å². The van der Waals surface area contributed by atoms with Gasteiger partial charge in [-0.3, -0.25) is 0 Å². The fourth-order valence-electron chi connectivity index (χ4n) is 1.26. The molecule has 0 aliphatic heterocycles. The van der Waals surface area contributed by atoms with Crippen molar-refractivity contribution in [2.24, 2.45) is 5.14 Å². The van der Waals surface area contributed by atoms with Gasteiger partial charge in [0.2, 0.25) is 10.0 Å². The standard InChI is InChI=1S/C11H19N3O3S/c1-11(2,17-3)7-14-10-5-4-8(6-9(10)12)18(13,15)16/h4-6,14H,7,12H2,1-3H3,(H2,13,15,16). The van der Waals surface area contributed by atoms with E-state index in [4.69, 9.17) is 15.6 Å². The van der Waals surface area contributed by atoms with E-state index >= 15 is 0 Å². The van der Waals surface area contributed by atoms with E-state index < -0.39 is 10.0 Å². The molecule has 0 atom stereocenters. The average molecular weight is 273 g/mol. The fraction of sp³-hybridized carbons (Fsp3) is 0.455. The lowest BCUT2D eigenvalue weighted by Crippen LogP contribution is -2.32. The minimum Gasteiger partial charge on any atom is -0.397 e. The minimum absolute atomic E-state index is 0.00319. The summed E-state index contributed by atoms with van der Waals surface area (Å²) in [5, 5.41) is 8.11. The molecule has 0 radical (unpaired) electrons. The van der Waals surface area contributed by atoms with E-state index in [0.717, 1.165) is 0 Å². The molecule has 102 valence electrons. The maximum absolute atomic E-state index is 11.1. The summed E-state index contributed by atoms with van der Waals surface area (Å²) in [4.78, 5) is -0.00319. The van der Waals surface area contributed by atoms with Crippen LogP contribution in [0.25, 0.3) is 0 Å². The molecule has 0 amide bonds. The van der Waals surface area contributed by atoms with Crippen LogP contribution in [0.2, 0.25) is 0 Å². The van der Waals surface area contributed by atoms with Gasteiger partial charge in [0.05, 0.1) is 21.9 Å². The number of primary sulfonamides is 1. The number of nitrogens with one attached hydrogen (secondary N) is 1. The molecule has 0 heterocycles. The van der Waals surface area contributed by atoms with Gasteiger partial charge >= 0.3 is 0 Å². The van der Waals surface area contributed by atoms with Crippen molar-refractivity contribution < 1.29 is 13.2 Å². The van der Waals surface area contributed by atoms with E-state index in [2.05, 4.69) is 5.32 Å². The molecule has 6 nitrogen and oxygen atoms in total. The van der Waals surface area contributed by atoms with Gasteiger partial charge in [0.1, 0.15) is 0 Å². The topological polar surface area (TPSA) is 107 Å². The summed E-state index contributed by atoms with van der Waals surface area (Å²) < 4.78 is 27.5. The highest BCUT2D eigenvalue weighted by Crippen LogP contribution is 2.22. The third-order valence-electron chi connectivity index (χ3n) is 2.61. The van der Waals surface area contributed by atoms with Crippen LogP contribution >= 0.6 is 0 Å². The molecule has 0 saturated carbocycles. The first-order valence-electron chi connectivity index (χ1n) is 5.37. The van der Waals surface area contributed by atoms with Gasteiger partial charge in [-0.2, -0.15) is 0 Å². The normalized spacial score (nSPS) is 12.4. The Morgan fingerprint density at radius 3 is 2.44 bits per heavy atom. The Kier molecular flexibility index (Phi) is 4.20. The maximum atomic E-state index is 11.1. The Labute approximate surface area is 107 Å². The molecule has 5 N–H and O–H groups in total. The molecule has 18 heavy (non-hydrogen) atoms. The fourth-order valence-corrected chi connectivity index (χ4v) is 1.81. The van der Waals surface area contributed by atoms with Crippen LogP contribution in [-0.4, -0.2) is 27.7 Å². The van der Waals surface area contributed by atoms with Crippen LogP contribution < -0.4 is 16.2 Å². The summed E-state index contributed by atoms with van der Waals surface area (Å²) in [6, 6.07) is 4.33. The second-order valence-electron chi connectivity index (χ2n) is 4.61. The van der Waals surface area contributed by atoms with Gasteiger partial charge in [0, 0.05) is 13.7 Å². The first-order chi connectivity index (χ1) is 8.15. The van der Waals surface area contributed by atoms with Gasteiger partial charge in [-0.25, -0.2) is 13.6 Å². The Hall–Kier alpha value is -1.31. The zero-order chi connectivity index (χ0) is 14.0. The number of methoxy groups -OCH3 is 1. The predicted octanol–water partition coefficient (Wildman–Crippen LogP) is 0.753. The molecule has 0 saturated heterocycles. The Morgan fingerprint density at radius 2 is 2.00 bits per heavy atom. The number of hydrogen-bond donors (Lipinski definition) is 3. The molecule has 1 aromatic carbocycles. The summed E-state index contributed by atoms with van der Waals surface area (Å²) in [6.45, 7) is 4.40. The number of ether oxygens (including phenoxy) is 1. The molecule has 7 heteroatoms. The Morgan fingerprint density at radius 1 is 1.39 bits per heavy atom. The van der Waals surface area contributed by atoms with Gasteiger partial charge in [-0.1, -0.05) is 0 Å². The summed E-state index contributed by atoms with van der Waals surface area (Å²) in [6.07, 6.45) is 0. The highest BCUT2D eigenvalue weighted by atomic mass is 32.2. The number of anilines is 2. The van der Waals surface area contributed by atoms with Crippen LogP contribution in [0.15, 0.2) is 23.1 Å². The highest BCUT2D eigenvalue weighted by Gasteiger charge is 2.17. The highest BCUT2D eigenvalue weighted by molar-refractivity contribution is 7.89. The van der Waals surface area contributed by atoms with E-state index in [0.29, 0.717) is 17.9 Å². The van der Waals surface area contributed by atoms with Crippen LogP contribution in [0.5, 0.6) is 0 Å². The molecule has 0 aliphatic carbocycles. The third-order valence-corrected chi connectivity index (χ3v) is 3.52. The van der Waals surface area contributed by atoms with Crippen molar-refractivity contribution in [2.45, 2.75) is 24.3 Å². The zero-order valence-electron chi connectivity index (χ0n) is 10.7. The van der Waals surface area contributed by atoms with E-state index in [9.17, 15) is 8.42 Å². The molecule has 0 bridgehead atoms. The van der Waals surface area contributed by atoms with E-state index in [1.54, 1.807) is 13.2 Å². The number of nitrogen functional groups attached to an aromatic ring is 1. The van der Waals surface area contributed by atoms with Crippen molar-refractivity contribution in [2.75, 3.05) is 24.7 Å². The summed E-state index contributed by atoms with van der Waals surface area (Å²) in [5.41, 5.74) is 6.40. The first kappa shape index (κ1) is 14.7. The lowest BCUT2D eigenvalue weighted by atomic mass is 10.1. The zero-order valence-corrected chi connectivity index (χ0v) is 11.5. The van der Waals surface area contributed by atoms with Crippen LogP contribution in [0.4, 0.5) is 11.4 Å². The van der Waals surface area contributed by atoms with Gasteiger partial charge in [0.15, 0.2) is 0 Å². The summed E-state index contributed by atoms with van der Waals surface area (Å²) in [7, 11) is -2.10. The van der Waals surface area contributed by atoms with E-state index in [-0.39, 0.29) is 10.5 Å². The summed E-state index contributed by atoms with van der Waals surface area (Å²) >= 11 is 0. The van der Waals surface area contributed by atoms with Gasteiger partial charge in [-0.05, 0) is 32.0 Å². The number of benzene rings is 1. The maximum Gasteiger partial charge on any atom is 0.238 e. The second kappa shape index (κ2) is 5.13. The van der Waals surface area contributed by atoms with Gasteiger partial charge in [0.25, 0.3) is 0 Å². The van der Waals surface area contributed by atoms with Crippen molar-refractivity contribution >= 4 is 21.4 Å².